The van der Waals surface area contributed by atoms with Crippen LogP contribution in [0.25, 0.3) is 0 Å². The molecule has 20 heavy (non-hydrogen) atoms. The first kappa shape index (κ1) is 15.2. The van der Waals surface area contributed by atoms with E-state index in [4.69, 9.17) is 14.7 Å². The van der Waals surface area contributed by atoms with E-state index in [0.717, 1.165) is 37.4 Å². The summed E-state index contributed by atoms with van der Waals surface area (Å²) in [5.74, 6) is 1.82. The normalized spacial score (nSPS) is 15.6. The fourth-order valence-corrected chi connectivity index (χ4v) is 2.52. The van der Waals surface area contributed by atoms with E-state index in [1.54, 1.807) is 7.11 Å². The van der Waals surface area contributed by atoms with Gasteiger partial charge in [-0.3, -0.25) is 0 Å². The Hall–Kier alpha value is -1.16. The van der Waals surface area contributed by atoms with Crippen molar-refractivity contribution in [2.75, 3.05) is 19.0 Å². The predicted molar refractivity (Wildman–Crippen MR) is 82.1 cm³/mol. The largest absolute Gasteiger partial charge is 0.371 e. The van der Waals surface area contributed by atoms with Crippen LogP contribution in [-0.4, -0.2) is 23.6 Å². The molecule has 0 spiro atoms. The number of methoxy groups -OCH3 is 1. The van der Waals surface area contributed by atoms with E-state index in [2.05, 4.69) is 12.2 Å². The average molecular weight is 277 g/mol. The molecular formula is C16H27N3O. The van der Waals surface area contributed by atoms with Crippen LogP contribution in [-0.2, 0) is 23.2 Å². The molecule has 4 nitrogen and oxygen atoms in total. The molecule has 1 heterocycles. The second kappa shape index (κ2) is 6.53. The fraction of sp³-hybridized carbons (Fsp3) is 0.750. The summed E-state index contributed by atoms with van der Waals surface area (Å²) in [6, 6.07) is 0. The first-order valence-corrected chi connectivity index (χ1v) is 7.77. The van der Waals surface area contributed by atoms with Gasteiger partial charge in [-0.15, -0.1) is 0 Å². The zero-order valence-corrected chi connectivity index (χ0v) is 13.3. The maximum absolute atomic E-state index is 5.55. The number of anilines is 1. The first-order chi connectivity index (χ1) is 9.58. The number of ether oxygens (including phenoxy) is 1. The number of hydrogen-bond donors (Lipinski definition) is 1. The summed E-state index contributed by atoms with van der Waals surface area (Å²) in [5, 5.41) is 3.48. The molecule has 0 aliphatic heterocycles. The standard InChI is InChI=1S/C16H27N3O/c1-5-11-17-14-12-9-7-6-8-10-13(12)18-15(19-14)16(2,3)20-4/h5-11H2,1-4H3,(H,17,18,19). The van der Waals surface area contributed by atoms with Crippen LogP contribution in [0.3, 0.4) is 0 Å². The lowest BCUT2D eigenvalue weighted by atomic mass is 10.1. The van der Waals surface area contributed by atoms with E-state index in [1.165, 1.54) is 30.5 Å². The number of nitrogens with one attached hydrogen (secondary N) is 1. The van der Waals surface area contributed by atoms with Crippen molar-refractivity contribution in [1.29, 1.82) is 0 Å². The van der Waals surface area contributed by atoms with Gasteiger partial charge in [-0.2, -0.15) is 0 Å². The van der Waals surface area contributed by atoms with E-state index >= 15 is 0 Å². The molecule has 0 radical (unpaired) electrons. The van der Waals surface area contributed by atoms with Gasteiger partial charge in [-0.25, -0.2) is 9.97 Å². The Labute approximate surface area is 122 Å². The zero-order valence-electron chi connectivity index (χ0n) is 13.3. The van der Waals surface area contributed by atoms with Crippen molar-refractivity contribution in [3.05, 3.63) is 17.1 Å². The van der Waals surface area contributed by atoms with Gasteiger partial charge in [0.1, 0.15) is 11.4 Å². The summed E-state index contributed by atoms with van der Waals surface area (Å²) >= 11 is 0. The minimum atomic E-state index is -0.440. The number of rotatable bonds is 5. The van der Waals surface area contributed by atoms with Gasteiger partial charge in [-0.1, -0.05) is 13.3 Å². The van der Waals surface area contributed by atoms with Crippen molar-refractivity contribution in [2.24, 2.45) is 0 Å². The molecule has 0 unspecified atom stereocenters. The fourth-order valence-electron chi connectivity index (χ4n) is 2.52. The Balaban J connectivity index is 2.43. The highest BCUT2D eigenvalue weighted by Gasteiger charge is 2.26. The van der Waals surface area contributed by atoms with Gasteiger partial charge in [0.15, 0.2) is 5.82 Å². The summed E-state index contributed by atoms with van der Waals surface area (Å²) in [7, 11) is 1.72. The van der Waals surface area contributed by atoms with E-state index in [1.807, 2.05) is 13.8 Å². The molecule has 2 rings (SSSR count). The van der Waals surface area contributed by atoms with Gasteiger partial charge in [-0.05, 0) is 46.0 Å². The Bertz CT molecular complexity index is 457. The summed E-state index contributed by atoms with van der Waals surface area (Å²) in [5.41, 5.74) is 2.10. The molecule has 0 aromatic carbocycles. The maximum atomic E-state index is 5.55. The van der Waals surface area contributed by atoms with Gasteiger partial charge in [0, 0.05) is 24.9 Å². The zero-order chi connectivity index (χ0) is 14.6. The third-order valence-corrected chi connectivity index (χ3v) is 4.02. The highest BCUT2D eigenvalue weighted by molar-refractivity contribution is 5.47. The molecule has 1 aliphatic rings. The smallest absolute Gasteiger partial charge is 0.162 e. The quantitative estimate of drug-likeness (QED) is 0.837. The Morgan fingerprint density at radius 1 is 1.15 bits per heavy atom. The summed E-state index contributed by atoms with van der Waals surface area (Å²) in [6.45, 7) is 7.17. The lowest BCUT2D eigenvalue weighted by Crippen LogP contribution is -2.25. The van der Waals surface area contributed by atoms with Gasteiger partial charge in [0.05, 0.1) is 0 Å². The Morgan fingerprint density at radius 2 is 1.90 bits per heavy atom. The van der Waals surface area contributed by atoms with Crippen LogP contribution in [0.1, 0.15) is 63.5 Å². The second-order valence-electron chi connectivity index (χ2n) is 6.02. The van der Waals surface area contributed by atoms with E-state index in [9.17, 15) is 0 Å². The number of hydrogen-bond acceptors (Lipinski definition) is 4. The van der Waals surface area contributed by atoms with Crippen molar-refractivity contribution in [1.82, 2.24) is 9.97 Å². The van der Waals surface area contributed by atoms with Crippen LogP contribution >= 0.6 is 0 Å². The summed E-state index contributed by atoms with van der Waals surface area (Å²) in [6.07, 6.45) is 7.00. The molecule has 1 aromatic heterocycles. The third kappa shape index (κ3) is 3.29. The molecule has 1 aliphatic carbocycles. The highest BCUT2D eigenvalue weighted by Crippen LogP contribution is 2.29. The van der Waals surface area contributed by atoms with Crippen LogP contribution < -0.4 is 5.32 Å². The van der Waals surface area contributed by atoms with Crippen molar-refractivity contribution in [3.8, 4) is 0 Å². The van der Waals surface area contributed by atoms with Crippen LogP contribution in [0.5, 0.6) is 0 Å². The summed E-state index contributed by atoms with van der Waals surface area (Å²) < 4.78 is 5.55. The Kier molecular flexibility index (Phi) is 4.97. The Morgan fingerprint density at radius 3 is 2.60 bits per heavy atom. The second-order valence-corrected chi connectivity index (χ2v) is 6.02. The minimum Gasteiger partial charge on any atom is -0.371 e. The van der Waals surface area contributed by atoms with Crippen LogP contribution in [0.4, 0.5) is 5.82 Å². The molecular weight excluding hydrogens is 250 g/mol. The average Bonchev–Trinajstić information content (AvgIpc) is 2.69. The highest BCUT2D eigenvalue weighted by atomic mass is 16.5. The van der Waals surface area contributed by atoms with Crippen LogP contribution in [0, 0.1) is 0 Å². The maximum Gasteiger partial charge on any atom is 0.162 e. The predicted octanol–water partition coefficient (Wildman–Crippen LogP) is 3.45. The molecule has 1 N–H and O–H groups in total. The summed E-state index contributed by atoms with van der Waals surface area (Å²) in [4.78, 5) is 9.57. The number of nitrogens with zero attached hydrogens (tertiary/aromatic N) is 2. The van der Waals surface area contributed by atoms with Crippen molar-refractivity contribution < 1.29 is 4.74 Å². The number of aromatic nitrogens is 2. The van der Waals surface area contributed by atoms with E-state index < -0.39 is 5.60 Å². The molecule has 1 aromatic rings. The minimum absolute atomic E-state index is 0.440. The van der Waals surface area contributed by atoms with E-state index in [-0.39, 0.29) is 0 Å². The van der Waals surface area contributed by atoms with Gasteiger partial charge >= 0.3 is 0 Å². The van der Waals surface area contributed by atoms with Gasteiger partial charge in [0.25, 0.3) is 0 Å². The van der Waals surface area contributed by atoms with Crippen LogP contribution in [0.2, 0.25) is 0 Å². The molecule has 0 amide bonds. The van der Waals surface area contributed by atoms with Crippen LogP contribution in [0.15, 0.2) is 0 Å². The van der Waals surface area contributed by atoms with Gasteiger partial charge < -0.3 is 10.1 Å². The lowest BCUT2D eigenvalue weighted by Gasteiger charge is -2.24. The molecule has 0 fully saturated rings. The number of aryl methyl sites for hydroxylation is 1. The van der Waals surface area contributed by atoms with Crippen molar-refractivity contribution in [3.63, 3.8) is 0 Å². The molecule has 0 saturated heterocycles. The molecule has 0 atom stereocenters. The molecule has 0 bridgehead atoms. The van der Waals surface area contributed by atoms with Gasteiger partial charge in [0.2, 0.25) is 0 Å². The number of fused-ring (bicyclic) bond motifs is 1. The first-order valence-electron chi connectivity index (χ1n) is 7.77. The molecule has 4 heteroatoms. The third-order valence-electron chi connectivity index (χ3n) is 4.02. The molecule has 0 saturated carbocycles. The topological polar surface area (TPSA) is 47.0 Å². The van der Waals surface area contributed by atoms with Crippen molar-refractivity contribution in [2.45, 2.75) is 64.9 Å². The van der Waals surface area contributed by atoms with Crippen molar-refractivity contribution >= 4 is 5.82 Å². The molecule has 112 valence electrons. The monoisotopic (exact) mass is 277 g/mol. The van der Waals surface area contributed by atoms with E-state index in [0.29, 0.717) is 0 Å². The lowest BCUT2D eigenvalue weighted by molar-refractivity contribution is 0.0114. The SMILES string of the molecule is CCCNc1nc(C(C)(C)OC)nc2c1CCCCC2.